The maximum atomic E-state index is 6.31. The fraction of sp³-hybridized carbons (Fsp3) is 0.500. The van der Waals surface area contributed by atoms with Crippen LogP contribution >= 0.6 is 0 Å². The first-order valence-corrected chi connectivity index (χ1v) is 7.95. The van der Waals surface area contributed by atoms with Crippen LogP contribution < -0.4 is 5.73 Å². The molecule has 1 aromatic carbocycles. The van der Waals surface area contributed by atoms with E-state index in [1.165, 1.54) is 42.5 Å². The van der Waals surface area contributed by atoms with Gasteiger partial charge >= 0.3 is 0 Å². The van der Waals surface area contributed by atoms with Gasteiger partial charge in [-0.05, 0) is 31.2 Å². The monoisotopic (exact) mass is 283 g/mol. The molecule has 0 saturated heterocycles. The molecule has 3 nitrogen and oxygen atoms in total. The number of nitrogen functional groups attached to an aromatic ring is 1. The Balaban J connectivity index is 2.01. The number of anilines is 1. The van der Waals surface area contributed by atoms with Gasteiger partial charge in [0.05, 0.1) is 5.69 Å². The molecular weight excluding hydrogens is 258 g/mol. The highest BCUT2D eigenvalue weighted by molar-refractivity contribution is 5.77. The number of nitrogens with two attached hydrogens (primary N) is 1. The Morgan fingerprint density at radius 3 is 2.33 bits per heavy atom. The first kappa shape index (κ1) is 14.2. The molecule has 3 heteroatoms. The predicted octanol–water partition coefficient (Wildman–Crippen LogP) is 4.27. The molecule has 1 fully saturated rings. The highest BCUT2D eigenvalue weighted by Crippen LogP contribution is 2.41. The lowest BCUT2D eigenvalue weighted by Crippen LogP contribution is -2.12. The average molecular weight is 283 g/mol. The molecule has 0 unspecified atom stereocenters. The number of hydrogen-bond donors (Lipinski definition) is 1. The maximum absolute atomic E-state index is 6.31. The lowest BCUT2D eigenvalue weighted by Gasteiger charge is -2.25. The fourth-order valence-corrected chi connectivity index (χ4v) is 3.39. The highest BCUT2D eigenvalue weighted by atomic mass is 15.3. The third kappa shape index (κ3) is 2.69. The molecule has 1 heterocycles. The van der Waals surface area contributed by atoms with Crippen molar-refractivity contribution in [1.82, 2.24) is 9.78 Å². The van der Waals surface area contributed by atoms with Gasteiger partial charge in [0.15, 0.2) is 0 Å². The molecule has 21 heavy (non-hydrogen) atoms. The van der Waals surface area contributed by atoms with Gasteiger partial charge in [0, 0.05) is 18.5 Å². The van der Waals surface area contributed by atoms with E-state index in [0.717, 1.165) is 17.3 Å². The molecule has 0 atom stereocenters. The van der Waals surface area contributed by atoms with Gasteiger partial charge in [-0.3, -0.25) is 4.68 Å². The molecule has 1 saturated carbocycles. The van der Waals surface area contributed by atoms with Crippen LogP contribution in [-0.4, -0.2) is 9.78 Å². The minimum absolute atomic E-state index is 0.556. The van der Waals surface area contributed by atoms with Gasteiger partial charge in [-0.25, -0.2) is 0 Å². The van der Waals surface area contributed by atoms with E-state index in [4.69, 9.17) is 10.8 Å². The van der Waals surface area contributed by atoms with Crippen molar-refractivity contribution in [2.75, 3.05) is 5.73 Å². The Labute approximate surface area is 127 Å². The predicted molar refractivity (Wildman–Crippen MR) is 88.2 cm³/mol. The number of aromatic nitrogens is 2. The van der Waals surface area contributed by atoms with E-state index in [2.05, 4.69) is 38.1 Å². The van der Waals surface area contributed by atoms with Crippen molar-refractivity contribution in [3.63, 3.8) is 0 Å². The summed E-state index contributed by atoms with van der Waals surface area (Å²) in [7, 11) is 1.95. The number of hydrogen-bond acceptors (Lipinski definition) is 2. The summed E-state index contributed by atoms with van der Waals surface area (Å²) in [6, 6.07) is 8.62. The number of aryl methyl sites for hydroxylation is 2. The Kier molecular flexibility index (Phi) is 3.75. The average Bonchev–Trinajstić information content (AvgIpc) is 2.77. The number of benzene rings is 1. The summed E-state index contributed by atoms with van der Waals surface area (Å²) in [5.74, 6) is 2.19. The Bertz CT molecular complexity index is 617. The molecule has 0 bridgehead atoms. The van der Waals surface area contributed by atoms with Crippen LogP contribution in [0.1, 0.15) is 49.8 Å². The van der Waals surface area contributed by atoms with Crippen molar-refractivity contribution >= 4 is 5.82 Å². The Morgan fingerprint density at radius 1 is 1.10 bits per heavy atom. The standard InChI is InChI=1S/C18H25N3/c1-12-4-8-14(9-5-12)16-17(20-21(3)18(16)19)15-10-6-13(2)7-11-15/h4-5,8-9,13,15H,6-7,10-11,19H2,1-3H3. The molecule has 1 aromatic heterocycles. The molecular formula is C18H25N3. The van der Waals surface area contributed by atoms with Crippen LogP contribution in [0.3, 0.4) is 0 Å². The zero-order chi connectivity index (χ0) is 15.0. The molecule has 0 radical (unpaired) electrons. The third-order valence-electron chi connectivity index (χ3n) is 4.86. The molecule has 3 rings (SSSR count). The first-order chi connectivity index (χ1) is 10.1. The molecule has 112 valence electrons. The van der Waals surface area contributed by atoms with Crippen LogP contribution in [0.4, 0.5) is 5.82 Å². The molecule has 2 N–H and O–H groups in total. The molecule has 2 aromatic rings. The van der Waals surface area contributed by atoms with Gasteiger partial charge in [0.1, 0.15) is 5.82 Å². The fourth-order valence-electron chi connectivity index (χ4n) is 3.39. The van der Waals surface area contributed by atoms with Crippen LogP contribution in [0.2, 0.25) is 0 Å². The minimum Gasteiger partial charge on any atom is -0.383 e. The van der Waals surface area contributed by atoms with Crippen molar-refractivity contribution in [2.24, 2.45) is 13.0 Å². The van der Waals surface area contributed by atoms with Crippen molar-refractivity contribution in [3.05, 3.63) is 35.5 Å². The third-order valence-corrected chi connectivity index (χ3v) is 4.86. The zero-order valence-corrected chi connectivity index (χ0v) is 13.3. The van der Waals surface area contributed by atoms with E-state index in [1.54, 1.807) is 0 Å². The summed E-state index contributed by atoms with van der Waals surface area (Å²) in [5.41, 5.74) is 11.1. The minimum atomic E-state index is 0.556. The van der Waals surface area contributed by atoms with Crippen LogP contribution in [-0.2, 0) is 7.05 Å². The van der Waals surface area contributed by atoms with Gasteiger partial charge in [0.25, 0.3) is 0 Å². The van der Waals surface area contributed by atoms with E-state index in [9.17, 15) is 0 Å². The second-order valence-corrected chi connectivity index (χ2v) is 6.59. The van der Waals surface area contributed by atoms with E-state index >= 15 is 0 Å². The largest absolute Gasteiger partial charge is 0.383 e. The molecule has 0 spiro atoms. The molecule has 1 aliphatic carbocycles. The van der Waals surface area contributed by atoms with E-state index < -0.39 is 0 Å². The van der Waals surface area contributed by atoms with Gasteiger partial charge in [-0.1, -0.05) is 49.6 Å². The second-order valence-electron chi connectivity index (χ2n) is 6.59. The van der Waals surface area contributed by atoms with Crippen LogP contribution in [0.25, 0.3) is 11.1 Å². The summed E-state index contributed by atoms with van der Waals surface area (Å²) >= 11 is 0. The van der Waals surface area contributed by atoms with Gasteiger partial charge < -0.3 is 5.73 Å². The summed E-state index contributed by atoms with van der Waals surface area (Å²) in [4.78, 5) is 0. The van der Waals surface area contributed by atoms with Crippen molar-refractivity contribution in [1.29, 1.82) is 0 Å². The number of rotatable bonds is 2. The second kappa shape index (κ2) is 5.55. The van der Waals surface area contributed by atoms with E-state index in [-0.39, 0.29) is 0 Å². The van der Waals surface area contributed by atoms with Gasteiger partial charge in [-0.15, -0.1) is 0 Å². The quantitative estimate of drug-likeness (QED) is 0.894. The summed E-state index contributed by atoms with van der Waals surface area (Å²) in [6.07, 6.45) is 5.07. The Morgan fingerprint density at radius 2 is 1.71 bits per heavy atom. The lowest BCUT2D eigenvalue weighted by atomic mass is 9.80. The zero-order valence-electron chi connectivity index (χ0n) is 13.3. The van der Waals surface area contributed by atoms with Gasteiger partial charge in [-0.2, -0.15) is 5.10 Å². The maximum Gasteiger partial charge on any atom is 0.129 e. The summed E-state index contributed by atoms with van der Waals surface area (Å²) in [5, 5.41) is 4.75. The smallest absolute Gasteiger partial charge is 0.129 e. The molecule has 1 aliphatic rings. The summed E-state index contributed by atoms with van der Waals surface area (Å²) in [6.45, 7) is 4.46. The first-order valence-electron chi connectivity index (χ1n) is 7.95. The number of nitrogens with zero attached hydrogens (tertiary/aromatic N) is 2. The lowest BCUT2D eigenvalue weighted by molar-refractivity contribution is 0.343. The Hall–Kier alpha value is -1.77. The normalized spacial score (nSPS) is 22.4. The van der Waals surface area contributed by atoms with Crippen LogP contribution in [0.15, 0.2) is 24.3 Å². The topological polar surface area (TPSA) is 43.8 Å². The SMILES string of the molecule is Cc1ccc(-c2c(C3CCC(C)CC3)nn(C)c2N)cc1. The molecule has 0 amide bonds. The van der Waals surface area contributed by atoms with Crippen molar-refractivity contribution < 1.29 is 0 Å². The highest BCUT2D eigenvalue weighted by Gasteiger charge is 2.26. The van der Waals surface area contributed by atoms with Crippen LogP contribution in [0.5, 0.6) is 0 Å². The van der Waals surface area contributed by atoms with Crippen LogP contribution in [0, 0.1) is 12.8 Å². The molecule has 0 aliphatic heterocycles. The summed E-state index contributed by atoms with van der Waals surface area (Å²) < 4.78 is 1.84. The van der Waals surface area contributed by atoms with Gasteiger partial charge in [0.2, 0.25) is 0 Å². The van der Waals surface area contributed by atoms with E-state index in [1.807, 2.05) is 11.7 Å². The van der Waals surface area contributed by atoms with Crippen molar-refractivity contribution in [2.45, 2.75) is 45.4 Å². The van der Waals surface area contributed by atoms with E-state index in [0.29, 0.717) is 5.92 Å². The van der Waals surface area contributed by atoms with Crippen molar-refractivity contribution in [3.8, 4) is 11.1 Å².